The third-order valence-corrected chi connectivity index (χ3v) is 11.8. The fourth-order valence-corrected chi connectivity index (χ4v) is 9.02. The minimum Gasteiger partial charge on any atom is -0.228 e. The predicted molar refractivity (Wildman–Crippen MR) is 230 cm³/mol. The second-order valence-electron chi connectivity index (χ2n) is 15.4. The summed E-state index contributed by atoms with van der Waals surface area (Å²) in [6.45, 7) is 4.72. The summed E-state index contributed by atoms with van der Waals surface area (Å²) in [6, 6.07) is 66.0. The Morgan fingerprint density at radius 3 is 1.69 bits per heavy atom. The Bertz CT molecular complexity index is 3090. The van der Waals surface area contributed by atoms with Crippen molar-refractivity contribution in [3.05, 3.63) is 193 Å². The maximum Gasteiger partial charge on any atom is 0.160 e. The van der Waals surface area contributed by atoms with Crippen LogP contribution in [0.25, 0.3) is 99.6 Å². The van der Waals surface area contributed by atoms with Crippen molar-refractivity contribution in [3.8, 4) is 67.3 Å². The zero-order chi connectivity index (χ0) is 36.7. The first kappa shape index (κ1) is 31.6. The van der Waals surface area contributed by atoms with Gasteiger partial charge in [0.15, 0.2) is 5.82 Å². The molecular weight excluding hydrogens is 665 g/mol. The van der Waals surface area contributed by atoms with Crippen molar-refractivity contribution in [2.75, 3.05) is 0 Å². The van der Waals surface area contributed by atoms with E-state index in [4.69, 9.17) is 9.97 Å². The van der Waals surface area contributed by atoms with Crippen molar-refractivity contribution in [1.29, 1.82) is 0 Å². The lowest BCUT2D eigenvalue weighted by molar-refractivity contribution is 0.660. The number of benzene rings is 9. The first-order valence-corrected chi connectivity index (χ1v) is 19.1. The van der Waals surface area contributed by atoms with E-state index < -0.39 is 0 Å². The predicted octanol–water partition coefficient (Wildman–Crippen LogP) is 14.0. The molecule has 0 aliphatic heterocycles. The molecule has 11 rings (SSSR count). The third-order valence-electron chi connectivity index (χ3n) is 11.8. The second-order valence-corrected chi connectivity index (χ2v) is 15.4. The van der Waals surface area contributed by atoms with Crippen molar-refractivity contribution < 1.29 is 0 Å². The van der Waals surface area contributed by atoms with Crippen LogP contribution >= 0.6 is 0 Å². The molecule has 10 aromatic rings. The van der Waals surface area contributed by atoms with Crippen LogP contribution in [0.2, 0.25) is 0 Å². The van der Waals surface area contributed by atoms with Crippen LogP contribution in [0.5, 0.6) is 0 Å². The van der Waals surface area contributed by atoms with E-state index in [2.05, 4.69) is 178 Å². The molecule has 1 aliphatic carbocycles. The fourth-order valence-electron chi connectivity index (χ4n) is 9.02. The van der Waals surface area contributed by atoms with Crippen LogP contribution < -0.4 is 0 Å². The molecule has 9 aromatic carbocycles. The van der Waals surface area contributed by atoms with Gasteiger partial charge in [-0.1, -0.05) is 172 Å². The summed E-state index contributed by atoms with van der Waals surface area (Å²) in [6.07, 6.45) is 0. The van der Waals surface area contributed by atoms with Gasteiger partial charge in [-0.3, -0.25) is 0 Å². The zero-order valence-corrected chi connectivity index (χ0v) is 30.7. The molecule has 0 saturated carbocycles. The Morgan fingerprint density at radius 1 is 0.345 bits per heavy atom. The smallest absolute Gasteiger partial charge is 0.160 e. The number of aromatic nitrogens is 2. The van der Waals surface area contributed by atoms with Gasteiger partial charge in [0.1, 0.15) is 0 Å². The molecule has 0 spiro atoms. The highest BCUT2D eigenvalue weighted by molar-refractivity contribution is 6.25. The van der Waals surface area contributed by atoms with Gasteiger partial charge in [0.25, 0.3) is 0 Å². The van der Waals surface area contributed by atoms with E-state index in [9.17, 15) is 0 Å². The van der Waals surface area contributed by atoms with Gasteiger partial charge in [0.05, 0.1) is 11.4 Å². The summed E-state index contributed by atoms with van der Waals surface area (Å²) in [5.41, 5.74) is 14.9. The number of nitrogens with zero attached hydrogens (tertiary/aromatic N) is 2. The SMILES string of the molecule is CC1(C)c2ccc(-c3cc(-c4cccc(-c5ccccc5)c4)nc(-c4ccccc4)n3)cc2-c2ccc(-c3ccc4ccc5cccc6ccc3c4c56)cc21. The molecule has 0 radical (unpaired) electrons. The van der Waals surface area contributed by atoms with Gasteiger partial charge in [-0.05, 0) is 101 Å². The number of hydrogen-bond acceptors (Lipinski definition) is 2. The summed E-state index contributed by atoms with van der Waals surface area (Å²) in [7, 11) is 0. The lowest BCUT2D eigenvalue weighted by Crippen LogP contribution is -2.15. The Kier molecular flexibility index (Phi) is 6.93. The van der Waals surface area contributed by atoms with Crippen LogP contribution in [-0.4, -0.2) is 9.97 Å². The van der Waals surface area contributed by atoms with Crippen molar-refractivity contribution in [3.63, 3.8) is 0 Å². The van der Waals surface area contributed by atoms with E-state index >= 15 is 0 Å². The lowest BCUT2D eigenvalue weighted by atomic mass is 9.81. The van der Waals surface area contributed by atoms with E-state index in [-0.39, 0.29) is 5.41 Å². The standard InChI is InChI=1S/C53H36N2/c1-53(2)46-28-24-41(49-32-48(54-52(55-49)37-13-7-4-8-14-37)40-18-10-17-38(29-40)33-11-5-3-6-12-33)30-45(46)43-26-23-39(31-47(43)53)42-25-21-36-20-19-34-15-9-16-35-22-27-44(42)51(36)50(34)35/h3-32H,1-2H3. The second kappa shape index (κ2) is 12.1. The lowest BCUT2D eigenvalue weighted by Gasteiger charge is -2.22. The monoisotopic (exact) mass is 700 g/mol. The molecule has 0 saturated heterocycles. The summed E-state index contributed by atoms with van der Waals surface area (Å²) < 4.78 is 0. The number of hydrogen-bond donors (Lipinski definition) is 0. The first-order chi connectivity index (χ1) is 27.0. The van der Waals surface area contributed by atoms with Crippen LogP contribution in [0.15, 0.2) is 182 Å². The van der Waals surface area contributed by atoms with Crippen LogP contribution in [0.4, 0.5) is 0 Å². The largest absolute Gasteiger partial charge is 0.228 e. The van der Waals surface area contributed by atoms with E-state index in [0.29, 0.717) is 0 Å². The van der Waals surface area contributed by atoms with Crippen LogP contribution in [0.1, 0.15) is 25.0 Å². The molecule has 55 heavy (non-hydrogen) atoms. The average Bonchev–Trinajstić information content (AvgIpc) is 3.48. The third kappa shape index (κ3) is 5.02. The zero-order valence-electron chi connectivity index (χ0n) is 30.7. The highest BCUT2D eigenvalue weighted by atomic mass is 14.9. The van der Waals surface area contributed by atoms with Gasteiger partial charge < -0.3 is 0 Å². The molecule has 1 aliphatic rings. The van der Waals surface area contributed by atoms with Crippen molar-refractivity contribution >= 4 is 32.3 Å². The van der Waals surface area contributed by atoms with Gasteiger partial charge in [-0.25, -0.2) is 9.97 Å². The van der Waals surface area contributed by atoms with E-state index in [1.807, 2.05) is 18.2 Å². The van der Waals surface area contributed by atoms with Crippen LogP contribution in [0.3, 0.4) is 0 Å². The average molecular weight is 701 g/mol. The molecule has 2 heteroatoms. The Morgan fingerprint density at radius 2 is 0.927 bits per heavy atom. The van der Waals surface area contributed by atoms with Crippen molar-refractivity contribution in [2.24, 2.45) is 0 Å². The quantitative estimate of drug-likeness (QED) is 0.167. The van der Waals surface area contributed by atoms with Gasteiger partial charge >= 0.3 is 0 Å². The molecule has 0 bridgehead atoms. The minimum absolute atomic E-state index is 0.160. The van der Waals surface area contributed by atoms with E-state index in [1.54, 1.807) is 0 Å². The Balaban J connectivity index is 1.04. The summed E-state index contributed by atoms with van der Waals surface area (Å²) >= 11 is 0. The maximum atomic E-state index is 5.20. The molecular formula is C53H36N2. The van der Waals surface area contributed by atoms with E-state index in [1.165, 1.54) is 71.3 Å². The van der Waals surface area contributed by atoms with Crippen LogP contribution in [0, 0.1) is 0 Å². The molecule has 0 fully saturated rings. The van der Waals surface area contributed by atoms with Gasteiger partial charge in [-0.2, -0.15) is 0 Å². The van der Waals surface area contributed by atoms with E-state index in [0.717, 1.165) is 39.5 Å². The molecule has 2 nitrogen and oxygen atoms in total. The summed E-state index contributed by atoms with van der Waals surface area (Å²) in [4.78, 5) is 10.3. The molecule has 0 amide bonds. The summed E-state index contributed by atoms with van der Waals surface area (Å²) in [5, 5.41) is 7.89. The van der Waals surface area contributed by atoms with Crippen molar-refractivity contribution in [2.45, 2.75) is 19.3 Å². The number of fused-ring (bicyclic) bond motifs is 3. The fraction of sp³-hybridized carbons (Fsp3) is 0.0566. The number of rotatable bonds is 5. The van der Waals surface area contributed by atoms with Crippen molar-refractivity contribution in [1.82, 2.24) is 9.97 Å². The Hall–Kier alpha value is -6.90. The Labute approximate surface area is 320 Å². The topological polar surface area (TPSA) is 25.8 Å². The molecule has 0 atom stereocenters. The first-order valence-electron chi connectivity index (χ1n) is 19.1. The minimum atomic E-state index is -0.160. The van der Waals surface area contributed by atoms with Gasteiger partial charge in [0.2, 0.25) is 0 Å². The van der Waals surface area contributed by atoms with Crippen LogP contribution in [-0.2, 0) is 5.41 Å². The highest BCUT2D eigenvalue weighted by Gasteiger charge is 2.36. The molecule has 0 unspecified atom stereocenters. The van der Waals surface area contributed by atoms with Gasteiger partial charge in [0, 0.05) is 22.1 Å². The summed E-state index contributed by atoms with van der Waals surface area (Å²) in [5.74, 6) is 0.720. The highest BCUT2D eigenvalue weighted by Crippen LogP contribution is 2.51. The molecule has 1 aromatic heterocycles. The maximum absolute atomic E-state index is 5.20. The molecule has 1 heterocycles. The molecule has 258 valence electrons. The van der Waals surface area contributed by atoms with Gasteiger partial charge in [-0.15, -0.1) is 0 Å². The molecule has 0 N–H and O–H groups in total. The normalized spacial score (nSPS) is 13.1.